The summed E-state index contributed by atoms with van der Waals surface area (Å²) < 4.78 is 4.61. The summed E-state index contributed by atoms with van der Waals surface area (Å²) in [5.74, 6) is -5.30. The van der Waals surface area contributed by atoms with Crippen molar-refractivity contribution < 1.29 is 63.0 Å². The van der Waals surface area contributed by atoms with Crippen LogP contribution in [0.3, 0.4) is 0 Å². The van der Waals surface area contributed by atoms with E-state index >= 15 is 0 Å². The third-order valence-corrected chi connectivity index (χ3v) is 4.53. The van der Waals surface area contributed by atoms with Gasteiger partial charge in [0.25, 0.3) is 11.8 Å². The Kier molecular flexibility index (Phi) is 18.9. The maximum absolute atomic E-state index is 11.1. The quantitative estimate of drug-likeness (QED) is 0.0747. The molecule has 0 unspecified atom stereocenters. The number of nitrogens with one attached hydrogen (secondary N) is 4. The van der Waals surface area contributed by atoms with Gasteiger partial charge in [0.2, 0.25) is 29.7 Å². The highest BCUT2D eigenvalue weighted by Gasteiger charge is 2.36. The van der Waals surface area contributed by atoms with Crippen LogP contribution in [0.15, 0.2) is 0 Å². The molecule has 0 aromatic rings. The van der Waals surface area contributed by atoms with E-state index in [1.165, 1.54) is 28.2 Å². The van der Waals surface area contributed by atoms with Crippen LogP contribution in [0.1, 0.15) is 44.9 Å². The lowest BCUT2D eigenvalue weighted by atomic mass is 10.3. The van der Waals surface area contributed by atoms with Crippen molar-refractivity contribution in [3.8, 4) is 0 Å². The number of hydroxylamine groups is 2. The van der Waals surface area contributed by atoms with Gasteiger partial charge in [0.1, 0.15) is 19.3 Å². The summed E-state index contributed by atoms with van der Waals surface area (Å²) in [7, 11) is 5.75. The van der Waals surface area contributed by atoms with Gasteiger partial charge in [-0.2, -0.15) is 5.06 Å². The molecular weight excluding hydrogens is 542 g/mol. The Morgan fingerprint density at radius 1 is 0.675 bits per heavy atom. The van der Waals surface area contributed by atoms with E-state index in [2.05, 4.69) is 26.0 Å². The minimum absolute atomic E-state index is 0.0903. The number of amides is 6. The van der Waals surface area contributed by atoms with Crippen LogP contribution in [0.2, 0.25) is 0 Å². The number of carboxylic acids is 1. The van der Waals surface area contributed by atoms with Crippen molar-refractivity contribution in [2.45, 2.75) is 51.0 Å². The van der Waals surface area contributed by atoms with E-state index in [0.29, 0.717) is 0 Å². The molecule has 6 N–H and O–H groups in total. The molecule has 0 aromatic carbocycles. The monoisotopic (exact) mass is 575 g/mol. The first-order chi connectivity index (χ1) is 18.6. The van der Waals surface area contributed by atoms with Crippen LogP contribution >= 0.6 is 0 Å². The predicted molar refractivity (Wildman–Crippen MR) is 130 cm³/mol. The van der Waals surface area contributed by atoms with E-state index < -0.39 is 66.1 Å². The van der Waals surface area contributed by atoms with Gasteiger partial charge in [-0.15, -0.1) is 0 Å². The molecule has 6 amide bonds. The van der Waals surface area contributed by atoms with Gasteiger partial charge < -0.3 is 31.1 Å². The summed E-state index contributed by atoms with van der Waals surface area (Å²) in [6.07, 6.45) is -1.79. The highest BCUT2D eigenvalue weighted by Crippen LogP contribution is 2.14. The number of Topliss-reactive ketones (excluding diaryl/α,β-unsaturated/α-hetero) is 2. The van der Waals surface area contributed by atoms with Gasteiger partial charge in [-0.3, -0.25) is 53.2 Å². The first-order valence-corrected chi connectivity index (χ1v) is 11.5. The van der Waals surface area contributed by atoms with Crippen molar-refractivity contribution in [1.29, 1.82) is 0 Å². The number of rotatable bonds is 7. The number of carboxylic acid groups (broad SMARTS) is 1. The van der Waals surface area contributed by atoms with Crippen molar-refractivity contribution in [1.82, 2.24) is 26.3 Å². The molecule has 0 radical (unpaired) electrons. The van der Waals surface area contributed by atoms with Crippen LogP contribution in [0.4, 0.5) is 0 Å². The normalized spacial score (nSPS) is 13.8. The van der Waals surface area contributed by atoms with Crippen molar-refractivity contribution >= 4 is 58.9 Å². The lowest BCUT2D eigenvalue weighted by Gasteiger charge is -2.08. The Morgan fingerprint density at radius 2 is 1.02 bits per heavy atom. The summed E-state index contributed by atoms with van der Waals surface area (Å²) in [4.78, 5) is 105. The minimum Gasteiger partial charge on any atom is -0.481 e. The lowest BCUT2D eigenvalue weighted by molar-refractivity contribution is -0.171. The van der Waals surface area contributed by atoms with Crippen LogP contribution in [0.5, 0.6) is 0 Å². The van der Waals surface area contributed by atoms with Gasteiger partial charge in [0.05, 0.1) is 0 Å². The summed E-state index contributed by atoms with van der Waals surface area (Å²) in [5.41, 5.74) is 0. The molecule has 1 saturated heterocycles. The highest BCUT2D eigenvalue weighted by atomic mass is 16.6. The zero-order valence-electron chi connectivity index (χ0n) is 22.4. The Hall–Kier alpha value is -4.74. The second-order valence-corrected chi connectivity index (χ2v) is 7.52. The second kappa shape index (κ2) is 20.3. The van der Waals surface area contributed by atoms with Gasteiger partial charge >= 0.3 is 11.9 Å². The Balaban J connectivity index is 0. The third-order valence-electron chi connectivity index (χ3n) is 4.53. The van der Waals surface area contributed by atoms with Gasteiger partial charge in [0, 0.05) is 53.9 Å². The number of carbonyl (C=O) groups is 10. The Labute approximate surface area is 228 Å². The van der Waals surface area contributed by atoms with Gasteiger partial charge in [-0.1, -0.05) is 0 Å². The molecule has 1 aliphatic carbocycles. The number of nitrogens with zero attached hydrogens (tertiary/aromatic N) is 1. The number of hydrogen-bond donors (Lipinski definition) is 6. The van der Waals surface area contributed by atoms with Crippen molar-refractivity contribution in [2.24, 2.45) is 0 Å². The standard InChI is InChI=1S/C9H11NO5.C5H10N2O2.C4H5NO3.C4H7NO3/c1-10-7(13)4-8(14)15-9-5(11)2-3-6(9)12;1-6-4(8)3-5(9)7-2;6-3-1-2-4(7)5(3)8;1-5-3(6)2-4(7)8/h9H,2-4H2,1H3,(H,10,13);3H2,1-2H3,(H,6,8)(H,7,9);8H,1-2H2;2H2,1H3,(H,5,6)(H,7,8). The molecule has 0 aromatic heterocycles. The Bertz CT molecular complexity index is 950. The van der Waals surface area contributed by atoms with Crippen LogP contribution in [0.25, 0.3) is 0 Å². The molecule has 224 valence electrons. The predicted octanol–water partition coefficient (Wildman–Crippen LogP) is -3.43. The van der Waals surface area contributed by atoms with E-state index in [4.69, 9.17) is 10.3 Å². The van der Waals surface area contributed by atoms with Gasteiger partial charge in [-0.25, -0.2) is 0 Å². The van der Waals surface area contributed by atoms with E-state index in [1.54, 1.807) is 0 Å². The maximum atomic E-state index is 11.1. The molecule has 1 saturated carbocycles. The summed E-state index contributed by atoms with van der Waals surface area (Å²) in [6, 6.07) is 0. The summed E-state index contributed by atoms with van der Waals surface area (Å²) >= 11 is 0. The zero-order valence-corrected chi connectivity index (χ0v) is 22.4. The van der Waals surface area contributed by atoms with E-state index in [9.17, 15) is 47.9 Å². The zero-order chi connectivity index (χ0) is 31.4. The Morgan fingerprint density at radius 3 is 1.30 bits per heavy atom. The molecular formula is C22H33N5O13. The molecule has 2 aliphatic rings. The third kappa shape index (κ3) is 16.9. The molecule has 2 rings (SSSR count). The smallest absolute Gasteiger partial charge is 0.316 e. The number of carbonyl (C=O) groups excluding carboxylic acids is 9. The van der Waals surface area contributed by atoms with Crippen molar-refractivity contribution in [3.63, 3.8) is 0 Å². The topological polar surface area (TPSA) is 272 Å². The largest absolute Gasteiger partial charge is 0.481 e. The first-order valence-electron chi connectivity index (χ1n) is 11.5. The van der Waals surface area contributed by atoms with Crippen LogP contribution in [0, 0.1) is 0 Å². The van der Waals surface area contributed by atoms with E-state index in [0.717, 1.165) is 0 Å². The number of aliphatic carboxylic acids is 1. The minimum atomic E-state index is -1.29. The van der Waals surface area contributed by atoms with Crippen LogP contribution < -0.4 is 21.3 Å². The van der Waals surface area contributed by atoms with Crippen molar-refractivity contribution in [2.75, 3.05) is 28.2 Å². The molecule has 40 heavy (non-hydrogen) atoms. The molecule has 18 nitrogen and oxygen atoms in total. The number of ketones is 2. The van der Waals surface area contributed by atoms with E-state index in [-0.39, 0.29) is 49.0 Å². The molecule has 0 bridgehead atoms. The fraction of sp³-hybridized carbons (Fsp3) is 0.545. The van der Waals surface area contributed by atoms with Gasteiger partial charge in [0.15, 0.2) is 11.6 Å². The molecule has 0 spiro atoms. The second-order valence-electron chi connectivity index (χ2n) is 7.52. The summed E-state index contributed by atoms with van der Waals surface area (Å²) in [6.45, 7) is 0. The SMILES string of the molecule is CNC(=O)CC(=O)NC.CNC(=O)CC(=O)O.CNC(=O)CC(=O)OC1C(=O)CCC1=O.O=C1CCC(=O)N1O. The van der Waals surface area contributed by atoms with Crippen molar-refractivity contribution in [3.05, 3.63) is 0 Å². The summed E-state index contributed by atoms with van der Waals surface area (Å²) in [5, 5.41) is 25.6. The molecule has 18 heteroatoms. The lowest BCUT2D eigenvalue weighted by Crippen LogP contribution is -2.31. The fourth-order valence-corrected chi connectivity index (χ4v) is 2.33. The molecule has 2 fully saturated rings. The number of imide groups is 1. The van der Waals surface area contributed by atoms with Gasteiger partial charge in [-0.05, 0) is 0 Å². The average Bonchev–Trinajstić information content (AvgIpc) is 3.38. The first kappa shape index (κ1) is 37.4. The van der Waals surface area contributed by atoms with E-state index in [1.807, 2.05) is 0 Å². The number of ether oxygens (including phenoxy) is 1. The maximum Gasteiger partial charge on any atom is 0.316 e. The van der Waals surface area contributed by atoms with Crippen LogP contribution in [-0.2, 0) is 52.7 Å². The fourth-order valence-electron chi connectivity index (χ4n) is 2.33. The number of hydrogen-bond acceptors (Lipinski definition) is 12. The molecule has 0 atom stereocenters. The average molecular weight is 576 g/mol. The van der Waals surface area contributed by atoms with Crippen LogP contribution in [-0.4, -0.2) is 109 Å². The highest BCUT2D eigenvalue weighted by molar-refractivity contribution is 6.12. The number of esters is 1. The molecule has 1 aliphatic heterocycles. The molecule has 1 heterocycles.